The van der Waals surface area contributed by atoms with Crippen molar-refractivity contribution in [1.29, 1.82) is 0 Å². The Morgan fingerprint density at radius 1 is 0.964 bits per heavy atom. The minimum absolute atomic E-state index is 0.00725. The van der Waals surface area contributed by atoms with Crippen molar-refractivity contribution in [2.75, 3.05) is 38.3 Å². The van der Waals surface area contributed by atoms with Gasteiger partial charge in [-0.05, 0) is 73.6 Å². The smallest absolute Gasteiger partial charge is 0.317 e. The van der Waals surface area contributed by atoms with Crippen LogP contribution in [0.15, 0.2) is 42.7 Å². The first kappa shape index (κ1) is 35.7. The number of amides is 6. The zero-order valence-corrected chi connectivity index (χ0v) is 30.6. The summed E-state index contributed by atoms with van der Waals surface area (Å²) in [5.74, 6) is -1.77. The quantitative estimate of drug-likeness (QED) is 0.274. The maximum absolute atomic E-state index is 15.1. The predicted octanol–water partition coefficient (Wildman–Crippen LogP) is 4.21. The Labute approximate surface area is 319 Å². The van der Waals surface area contributed by atoms with E-state index in [1.165, 1.54) is 23.0 Å². The van der Waals surface area contributed by atoms with Crippen molar-refractivity contribution in [2.24, 2.45) is 0 Å². The van der Waals surface area contributed by atoms with Gasteiger partial charge in [0.2, 0.25) is 11.8 Å². The van der Waals surface area contributed by atoms with Crippen LogP contribution < -0.4 is 15.5 Å². The van der Waals surface area contributed by atoms with E-state index in [4.69, 9.17) is 9.84 Å². The number of hydrogen-bond donors (Lipinski definition) is 2. The number of urea groups is 1. The maximum atomic E-state index is 15.1. The number of rotatable bonds is 6. The number of nitrogens with one attached hydrogen (secondary N) is 2. The van der Waals surface area contributed by atoms with E-state index >= 15 is 8.78 Å². The third-order valence-electron chi connectivity index (χ3n) is 11.5. The van der Waals surface area contributed by atoms with Gasteiger partial charge in [0.05, 0.1) is 35.6 Å². The number of alkyl halides is 2. The first-order valence-corrected chi connectivity index (χ1v) is 18.9. The summed E-state index contributed by atoms with van der Waals surface area (Å²) in [6, 6.07) is 6.77. The number of aryl methyl sites for hydroxylation is 1. The summed E-state index contributed by atoms with van der Waals surface area (Å²) in [6.07, 6.45) is 4.00. The van der Waals surface area contributed by atoms with Crippen molar-refractivity contribution in [3.8, 4) is 16.8 Å². The molecule has 0 saturated carbocycles. The molecule has 290 valence electrons. The van der Waals surface area contributed by atoms with Crippen molar-refractivity contribution >= 4 is 41.2 Å². The molecule has 2 aromatic carbocycles. The molecule has 9 rings (SSSR count). The van der Waals surface area contributed by atoms with E-state index in [1.807, 2.05) is 4.90 Å². The van der Waals surface area contributed by atoms with Crippen LogP contribution >= 0.6 is 0 Å². The van der Waals surface area contributed by atoms with E-state index in [2.05, 4.69) is 20.4 Å². The van der Waals surface area contributed by atoms with Gasteiger partial charge in [0.1, 0.15) is 6.04 Å². The van der Waals surface area contributed by atoms with Gasteiger partial charge in [-0.1, -0.05) is 0 Å². The van der Waals surface area contributed by atoms with E-state index < -0.39 is 36.1 Å². The molecule has 15 nitrogen and oxygen atoms in total. The lowest BCUT2D eigenvalue weighted by molar-refractivity contribution is -0.136. The highest BCUT2D eigenvalue weighted by molar-refractivity contribution is 6.23. The average Bonchev–Trinajstić information content (AvgIpc) is 3.92. The maximum Gasteiger partial charge on any atom is 0.317 e. The first-order valence-electron chi connectivity index (χ1n) is 18.9. The van der Waals surface area contributed by atoms with Crippen LogP contribution in [0.1, 0.15) is 87.7 Å². The molecule has 2 fully saturated rings. The fraction of sp³-hybridized carbons (Fsp3) is 0.410. The molecule has 0 spiro atoms. The van der Waals surface area contributed by atoms with Crippen molar-refractivity contribution in [1.82, 2.24) is 40.0 Å². The summed E-state index contributed by atoms with van der Waals surface area (Å²) in [6.45, 7) is 2.75. The molecule has 2 N–H and O–H groups in total. The number of hydrogen-bond acceptors (Lipinski definition) is 9. The SMILES string of the molecule is CNC(=O)N1CCc2c(c(N3CCCc4cc(-c5cnn(-c6ccc7c(c6)C(=O)N(C6CCC(=O)NC6=O)C7=O)c5)c(C(F)F)cc43)nn2C2CCOCC2)C1. The predicted molar refractivity (Wildman–Crippen MR) is 196 cm³/mol. The lowest BCUT2D eigenvalue weighted by Crippen LogP contribution is -2.54. The van der Waals surface area contributed by atoms with Gasteiger partial charge in [-0.3, -0.25) is 34.1 Å². The lowest BCUT2D eigenvalue weighted by atomic mass is 9.92. The molecule has 7 heterocycles. The van der Waals surface area contributed by atoms with Crippen molar-refractivity contribution < 1.29 is 37.5 Å². The minimum atomic E-state index is -2.82. The second kappa shape index (κ2) is 14.0. The van der Waals surface area contributed by atoms with Crippen molar-refractivity contribution in [2.45, 2.75) is 70.0 Å². The second-order valence-corrected chi connectivity index (χ2v) is 14.7. The van der Waals surface area contributed by atoms with Crippen LogP contribution in [0.5, 0.6) is 0 Å². The largest absolute Gasteiger partial charge is 0.381 e. The Bertz CT molecular complexity index is 2310. The third kappa shape index (κ3) is 5.91. The number of halogens is 2. The van der Waals surface area contributed by atoms with Crippen LogP contribution in [0.3, 0.4) is 0 Å². The van der Waals surface area contributed by atoms with E-state index in [0.717, 1.165) is 41.0 Å². The molecule has 5 aliphatic heterocycles. The second-order valence-electron chi connectivity index (χ2n) is 14.7. The Kier molecular flexibility index (Phi) is 8.90. The molecule has 2 saturated heterocycles. The van der Waals surface area contributed by atoms with Gasteiger partial charge in [-0.25, -0.2) is 18.3 Å². The molecule has 0 bridgehead atoms. The number of benzene rings is 2. The number of piperidine rings is 1. The van der Waals surface area contributed by atoms with Crippen LogP contribution in [0.4, 0.5) is 25.1 Å². The number of fused-ring (bicyclic) bond motifs is 3. The summed E-state index contributed by atoms with van der Waals surface area (Å²) >= 11 is 0. The minimum Gasteiger partial charge on any atom is -0.381 e. The van der Waals surface area contributed by atoms with Crippen LogP contribution in [0.2, 0.25) is 0 Å². The van der Waals surface area contributed by atoms with Gasteiger partial charge in [-0.2, -0.15) is 10.2 Å². The highest BCUT2D eigenvalue weighted by atomic mass is 19.3. The Balaban J connectivity index is 1.04. The number of imide groups is 2. The molecule has 2 aromatic heterocycles. The number of nitrogens with zero attached hydrogens (tertiary/aromatic N) is 7. The normalized spacial score (nSPS) is 20.0. The molecule has 5 aliphatic rings. The molecule has 1 atom stereocenters. The monoisotopic (exact) mass is 767 g/mol. The zero-order valence-electron chi connectivity index (χ0n) is 30.6. The van der Waals surface area contributed by atoms with E-state index in [0.29, 0.717) is 74.0 Å². The lowest BCUT2D eigenvalue weighted by Gasteiger charge is -2.33. The highest BCUT2D eigenvalue weighted by Crippen LogP contribution is 2.44. The molecule has 0 aliphatic carbocycles. The molecule has 6 amide bonds. The summed E-state index contributed by atoms with van der Waals surface area (Å²) in [5, 5.41) is 14.5. The number of carbonyl (C=O) groups is 5. The standard InChI is InChI=1S/C39H39F2N9O6/c1-42-39(55)46-12-8-30-29(20-46)35(45-50(30)23-9-13-56-14-10-23)47-11-2-3-21-15-26(27(34(40)41)17-32(21)47)22-18-43-48(19-22)24-4-5-25-28(16-24)38(54)49(37(25)53)31-6-7-33(51)44-36(31)52/h4-5,15-19,23,31,34H,2-3,6-14,20H2,1H3,(H,42,55)(H,44,51,52). The highest BCUT2D eigenvalue weighted by Gasteiger charge is 2.45. The third-order valence-corrected chi connectivity index (χ3v) is 11.5. The molecule has 17 heteroatoms. The molecule has 56 heavy (non-hydrogen) atoms. The summed E-state index contributed by atoms with van der Waals surface area (Å²) in [7, 11) is 1.60. The first-order chi connectivity index (χ1) is 27.1. The van der Waals surface area contributed by atoms with Crippen LogP contribution in [-0.2, 0) is 33.7 Å². The number of carbonyl (C=O) groups excluding carboxylic acids is 5. The Morgan fingerprint density at radius 3 is 2.54 bits per heavy atom. The number of aromatic nitrogens is 4. The topological polar surface area (TPSA) is 164 Å². The fourth-order valence-electron chi connectivity index (χ4n) is 8.71. The summed E-state index contributed by atoms with van der Waals surface area (Å²) in [4.78, 5) is 68.2. The van der Waals surface area contributed by atoms with Gasteiger partial charge in [0.25, 0.3) is 18.2 Å². The number of anilines is 2. The molecule has 1 unspecified atom stereocenters. The van der Waals surface area contributed by atoms with Crippen LogP contribution in [0.25, 0.3) is 16.8 Å². The Hall–Kier alpha value is -5.97. The van der Waals surface area contributed by atoms with Gasteiger partial charge in [0.15, 0.2) is 5.82 Å². The van der Waals surface area contributed by atoms with Crippen molar-refractivity contribution in [3.63, 3.8) is 0 Å². The van der Waals surface area contributed by atoms with Crippen LogP contribution in [0, 0.1) is 0 Å². The van der Waals surface area contributed by atoms with Crippen LogP contribution in [-0.4, -0.2) is 98.4 Å². The number of ether oxygens (including phenoxy) is 1. The van der Waals surface area contributed by atoms with E-state index in [1.54, 1.807) is 36.3 Å². The molecule has 0 radical (unpaired) electrons. The van der Waals surface area contributed by atoms with Gasteiger partial charge < -0.3 is 19.9 Å². The summed E-state index contributed by atoms with van der Waals surface area (Å²) in [5.41, 5.74) is 4.74. The van der Waals surface area contributed by atoms with Gasteiger partial charge in [-0.15, -0.1) is 0 Å². The average molecular weight is 768 g/mol. The zero-order chi connectivity index (χ0) is 38.8. The van der Waals surface area contributed by atoms with Gasteiger partial charge >= 0.3 is 6.03 Å². The Morgan fingerprint density at radius 2 is 1.77 bits per heavy atom. The van der Waals surface area contributed by atoms with E-state index in [-0.39, 0.29) is 41.6 Å². The summed E-state index contributed by atoms with van der Waals surface area (Å²) < 4.78 is 39.3. The molecule has 4 aromatic rings. The van der Waals surface area contributed by atoms with Gasteiger partial charge in [0, 0.05) is 80.5 Å². The molecular formula is C39H39F2N9O6. The van der Waals surface area contributed by atoms with E-state index in [9.17, 15) is 24.0 Å². The fourth-order valence-corrected chi connectivity index (χ4v) is 8.71. The molecular weight excluding hydrogens is 728 g/mol. The van der Waals surface area contributed by atoms with Crippen molar-refractivity contribution in [3.05, 3.63) is 76.2 Å².